The molecule has 0 aliphatic rings. The Hall–Kier alpha value is -4.64. The number of phenols is 4. The van der Waals surface area contributed by atoms with Gasteiger partial charge in [0.25, 0.3) is 0 Å². The monoisotopic (exact) mass is 498 g/mol. The fourth-order valence-electron chi connectivity index (χ4n) is 4.07. The Bertz CT molecular complexity index is 1300. The molecule has 0 aliphatic carbocycles. The minimum atomic E-state index is -1.26. The molecule has 0 atom stereocenters. The van der Waals surface area contributed by atoms with E-state index in [1.165, 1.54) is 36.4 Å². The number of hydrogen-bond acceptors (Lipinski definition) is 9. The van der Waals surface area contributed by atoms with Gasteiger partial charge in [-0.1, -0.05) is 12.1 Å². The van der Waals surface area contributed by atoms with Crippen LogP contribution in [0.25, 0.3) is 0 Å². The van der Waals surface area contributed by atoms with Crippen LogP contribution in [0.2, 0.25) is 0 Å². The van der Waals surface area contributed by atoms with Gasteiger partial charge in [0.1, 0.15) is 23.0 Å². The largest absolute Gasteiger partial charge is 0.508 e. The van der Waals surface area contributed by atoms with Crippen molar-refractivity contribution < 1.29 is 46.0 Å². The Morgan fingerprint density at radius 1 is 0.528 bits per heavy atom. The summed E-state index contributed by atoms with van der Waals surface area (Å²) in [6, 6.07) is 10.6. The third kappa shape index (κ3) is 4.91. The molecular formula is C25H26N2O9. The van der Waals surface area contributed by atoms with Crippen LogP contribution in [0.5, 0.6) is 46.5 Å². The number of nitrogens with zero attached hydrogens (tertiary/aromatic N) is 2. The van der Waals surface area contributed by atoms with Crippen molar-refractivity contribution in [1.29, 1.82) is 0 Å². The van der Waals surface area contributed by atoms with Crippen LogP contribution in [0.15, 0.2) is 48.5 Å². The standard InChI is InChI=1S/C25H26N2O9/c28-17-3-1-13(20(31)9-17)5-15-7-22(33)26(24(15)35)11-19(30)12-27-23(34)8-16(25(27)36)6-14-2-4-18(29)10-21(14)32/h1-4,7-10,19,28-36H,5-6,11-12H2. The maximum Gasteiger partial charge on any atom is 0.197 e. The first kappa shape index (κ1) is 24.5. The number of aromatic hydroxyl groups is 8. The maximum absolute atomic E-state index is 10.6. The average Bonchev–Trinajstić information content (AvgIpc) is 3.21. The molecule has 2 heterocycles. The minimum Gasteiger partial charge on any atom is -0.508 e. The quantitative estimate of drug-likeness (QED) is 0.175. The van der Waals surface area contributed by atoms with Gasteiger partial charge in [0.05, 0.1) is 19.2 Å². The van der Waals surface area contributed by atoms with Crippen molar-refractivity contribution in [2.45, 2.75) is 32.0 Å². The van der Waals surface area contributed by atoms with Crippen molar-refractivity contribution >= 4 is 0 Å². The lowest BCUT2D eigenvalue weighted by Crippen LogP contribution is -2.21. The smallest absolute Gasteiger partial charge is 0.197 e. The van der Waals surface area contributed by atoms with Crippen molar-refractivity contribution in [2.24, 2.45) is 0 Å². The Balaban J connectivity index is 1.48. The van der Waals surface area contributed by atoms with Crippen LogP contribution in [0.1, 0.15) is 22.3 Å². The van der Waals surface area contributed by atoms with E-state index in [4.69, 9.17) is 0 Å². The Labute approximate surface area is 204 Å². The van der Waals surface area contributed by atoms with Gasteiger partial charge in [-0.15, -0.1) is 0 Å². The van der Waals surface area contributed by atoms with E-state index in [0.29, 0.717) is 11.1 Å². The number of hydrogen-bond donors (Lipinski definition) is 9. The van der Waals surface area contributed by atoms with Gasteiger partial charge in [0.15, 0.2) is 23.5 Å². The second kappa shape index (κ2) is 9.55. The van der Waals surface area contributed by atoms with E-state index in [-0.39, 0.29) is 83.6 Å². The lowest BCUT2D eigenvalue weighted by molar-refractivity contribution is 0.121. The van der Waals surface area contributed by atoms with Crippen LogP contribution in [0.4, 0.5) is 0 Å². The van der Waals surface area contributed by atoms with Gasteiger partial charge >= 0.3 is 0 Å². The topological polar surface area (TPSA) is 192 Å². The molecule has 36 heavy (non-hydrogen) atoms. The summed E-state index contributed by atoms with van der Waals surface area (Å²) in [7, 11) is 0. The highest BCUT2D eigenvalue weighted by molar-refractivity contribution is 5.46. The second-order valence-corrected chi connectivity index (χ2v) is 8.56. The number of phenolic OH excluding ortho intramolecular Hbond substituents is 4. The molecule has 0 amide bonds. The van der Waals surface area contributed by atoms with Crippen LogP contribution in [0.3, 0.4) is 0 Å². The van der Waals surface area contributed by atoms with Crippen molar-refractivity contribution in [1.82, 2.24) is 9.13 Å². The molecule has 4 rings (SSSR count). The molecule has 0 saturated carbocycles. The second-order valence-electron chi connectivity index (χ2n) is 8.56. The zero-order chi connectivity index (χ0) is 26.1. The summed E-state index contributed by atoms with van der Waals surface area (Å²) >= 11 is 0. The molecule has 0 fully saturated rings. The van der Waals surface area contributed by atoms with E-state index in [9.17, 15) is 46.0 Å². The normalized spacial score (nSPS) is 11.4. The van der Waals surface area contributed by atoms with Gasteiger partial charge in [0, 0.05) is 48.2 Å². The predicted octanol–water partition coefficient (Wildman–Crippen LogP) is 2.18. The number of aromatic nitrogens is 2. The molecular weight excluding hydrogens is 472 g/mol. The minimum absolute atomic E-state index is 0.0429. The highest BCUT2D eigenvalue weighted by Crippen LogP contribution is 2.35. The van der Waals surface area contributed by atoms with Gasteiger partial charge in [0.2, 0.25) is 0 Å². The first-order valence-electron chi connectivity index (χ1n) is 10.9. The zero-order valence-electron chi connectivity index (χ0n) is 18.9. The molecule has 2 aromatic carbocycles. The zero-order valence-corrected chi connectivity index (χ0v) is 18.9. The fraction of sp³-hybridized carbons (Fsp3) is 0.200. The van der Waals surface area contributed by atoms with Crippen molar-refractivity contribution in [2.75, 3.05) is 0 Å². The summed E-state index contributed by atoms with van der Waals surface area (Å²) < 4.78 is 2.09. The van der Waals surface area contributed by atoms with Gasteiger partial charge in [-0.3, -0.25) is 9.13 Å². The lowest BCUT2D eigenvalue weighted by Gasteiger charge is -2.16. The van der Waals surface area contributed by atoms with Crippen LogP contribution in [-0.2, 0) is 25.9 Å². The molecule has 0 spiro atoms. The molecule has 0 aliphatic heterocycles. The molecule has 0 bridgehead atoms. The van der Waals surface area contributed by atoms with Gasteiger partial charge in [-0.2, -0.15) is 0 Å². The number of rotatable bonds is 8. The van der Waals surface area contributed by atoms with Crippen LogP contribution >= 0.6 is 0 Å². The highest BCUT2D eigenvalue weighted by atomic mass is 16.3. The third-order valence-electron chi connectivity index (χ3n) is 5.93. The molecule has 0 unspecified atom stereocenters. The summed E-state index contributed by atoms with van der Waals surface area (Å²) in [6.07, 6.45) is -1.18. The summed E-state index contributed by atoms with van der Waals surface area (Å²) in [5.74, 6) is -1.99. The number of aliphatic hydroxyl groups excluding tert-OH is 1. The number of benzene rings is 2. The first-order chi connectivity index (χ1) is 17.0. The van der Waals surface area contributed by atoms with E-state index in [0.717, 1.165) is 21.3 Å². The molecule has 0 saturated heterocycles. The summed E-state index contributed by atoms with van der Waals surface area (Å²) in [5, 5.41) is 91.1. The van der Waals surface area contributed by atoms with Crippen LogP contribution in [-0.4, -0.2) is 61.2 Å². The summed E-state index contributed by atoms with van der Waals surface area (Å²) in [4.78, 5) is 0. The van der Waals surface area contributed by atoms with Gasteiger partial charge < -0.3 is 46.0 Å². The molecule has 9 N–H and O–H groups in total. The Morgan fingerprint density at radius 3 is 1.28 bits per heavy atom. The van der Waals surface area contributed by atoms with Crippen molar-refractivity contribution in [3.05, 3.63) is 70.8 Å². The first-order valence-corrected chi connectivity index (χ1v) is 10.9. The lowest BCUT2D eigenvalue weighted by atomic mass is 10.1. The van der Waals surface area contributed by atoms with Gasteiger partial charge in [-0.25, -0.2) is 0 Å². The maximum atomic E-state index is 10.6. The van der Waals surface area contributed by atoms with Crippen molar-refractivity contribution in [3.63, 3.8) is 0 Å². The summed E-state index contributed by atoms with van der Waals surface area (Å²) in [6.45, 7) is -0.575. The van der Waals surface area contributed by atoms with Crippen LogP contribution in [0, 0.1) is 0 Å². The van der Waals surface area contributed by atoms with E-state index in [2.05, 4.69) is 0 Å². The van der Waals surface area contributed by atoms with Crippen molar-refractivity contribution in [3.8, 4) is 46.5 Å². The molecule has 4 aromatic rings. The van der Waals surface area contributed by atoms with E-state index >= 15 is 0 Å². The molecule has 11 heteroatoms. The SMILES string of the molecule is Oc1ccc(Cc2cc(O)n(CC(O)Cn3c(O)cc(Cc4ccc(O)cc4O)c3O)c2O)c(O)c1. The van der Waals surface area contributed by atoms with Crippen LogP contribution < -0.4 is 0 Å². The van der Waals surface area contributed by atoms with E-state index in [1.807, 2.05) is 0 Å². The Kier molecular flexibility index (Phi) is 6.49. The molecule has 0 radical (unpaired) electrons. The Morgan fingerprint density at radius 2 is 0.917 bits per heavy atom. The third-order valence-corrected chi connectivity index (χ3v) is 5.93. The van der Waals surface area contributed by atoms with Gasteiger partial charge in [-0.05, 0) is 23.3 Å². The van der Waals surface area contributed by atoms with E-state index in [1.54, 1.807) is 0 Å². The molecule has 2 aromatic heterocycles. The average molecular weight is 498 g/mol. The molecule has 11 nitrogen and oxygen atoms in total. The number of aliphatic hydroxyl groups is 1. The molecule has 190 valence electrons. The van der Waals surface area contributed by atoms with E-state index < -0.39 is 6.10 Å². The summed E-state index contributed by atoms with van der Waals surface area (Å²) in [5.41, 5.74) is 1.33. The fourth-order valence-corrected chi connectivity index (χ4v) is 4.07. The highest BCUT2D eigenvalue weighted by Gasteiger charge is 2.22. The predicted molar refractivity (Wildman–Crippen MR) is 127 cm³/mol.